The van der Waals surface area contributed by atoms with Gasteiger partial charge in [-0.15, -0.1) is 11.8 Å². The van der Waals surface area contributed by atoms with Crippen LogP contribution in [0.3, 0.4) is 0 Å². The van der Waals surface area contributed by atoms with E-state index >= 15 is 0 Å². The summed E-state index contributed by atoms with van der Waals surface area (Å²) in [6, 6.07) is 4.01. The standard InChI is InChI=1S/C17H23N3O2S/c1-20-7-4-5-17(20)18-6-8-23-16-11-19-13-10-15(22-3)14(21-2)9-12(13)16/h9-11,19H,4-8H2,1-3H3/b18-17+. The van der Waals surface area contributed by atoms with Crippen molar-refractivity contribution in [3.05, 3.63) is 18.3 Å². The molecule has 1 aromatic heterocycles. The molecule has 23 heavy (non-hydrogen) atoms. The zero-order valence-electron chi connectivity index (χ0n) is 13.9. The molecular formula is C17H23N3O2S. The lowest BCUT2D eigenvalue weighted by Gasteiger charge is -2.10. The van der Waals surface area contributed by atoms with Gasteiger partial charge in [0.15, 0.2) is 11.5 Å². The van der Waals surface area contributed by atoms with Crippen molar-refractivity contribution in [2.75, 3.05) is 40.1 Å². The molecule has 2 aromatic rings. The Morgan fingerprint density at radius 2 is 2.04 bits per heavy atom. The maximum atomic E-state index is 5.40. The summed E-state index contributed by atoms with van der Waals surface area (Å²) in [4.78, 5) is 11.5. The highest BCUT2D eigenvalue weighted by atomic mass is 32.2. The Morgan fingerprint density at radius 3 is 2.74 bits per heavy atom. The van der Waals surface area contributed by atoms with E-state index in [-0.39, 0.29) is 0 Å². The van der Waals surface area contributed by atoms with Gasteiger partial charge in [0.05, 0.1) is 32.1 Å². The lowest BCUT2D eigenvalue weighted by atomic mass is 10.2. The van der Waals surface area contributed by atoms with Crippen LogP contribution >= 0.6 is 11.8 Å². The molecule has 5 nitrogen and oxygen atoms in total. The van der Waals surface area contributed by atoms with Crippen molar-refractivity contribution in [2.24, 2.45) is 4.99 Å². The third-order valence-electron chi connectivity index (χ3n) is 4.13. The van der Waals surface area contributed by atoms with Gasteiger partial charge in [0.2, 0.25) is 0 Å². The minimum Gasteiger partial charge on any atom is -0.493 e. The normalized spacial score (nSPS) is 16.5. The number of aliphatic imine (C=N–C) groups is 1. The number of benzene rings is 1. The molecule has 0 bridgehead atoms. The quantitative estimate of drug-likeness (QED) is 0.650. The van der Waals surface area contributed by atoms with Crippen molar-refractivity contribution in [2.45, 2.75) is 17.7 Å². The van der Waals surface area contributed by atoms with Gasteiger partial charge in [0.25, 0.3) is 0 Å². The molecule has 124 valence electrons. The van der Waals surface area contributed by atoms with Gasteiger partial charge in [0, 0.05) is 48.3 Å². The number of aromatic nitrogens is 1. The Kier molecular flexibility index (Phi) is 5.00. The zero-order chi connectivity index (χ0) is 16.2. The third kappa shape index (κ3) is 3.42. The van der Waals surface area contributed by atoms with E-state index in [1.54, 1.807) is 14.2 Å². The molecule has 1 saturated heterocycles. The number of aromatic amines is 1. The minimum absolute atomic E-state index is 0.745. The second kappa shape index (κ2) is 7.17. The molecule has 0 aliphatic carbocycles. The first-order chi connectivity index (χ1) is 11.2. The van der Waals surface area contributed by atoms with Crippen LogP contribution in [0.15, 0.2) is 28.2 Å². The van der Waals surface area contributed by atoms with E-state index in [1.165, 1.54) is 22.5 Å². The molecule has 0 atom stereocenters. The van der Waals surface area contributed by atoms with E-state index in [0.29, 0.717) is 0 Å². The summed E-state index contributed by atoms with van der Waals surface area (Å²) >= 11 is 1.82. The van der Waals surface area contributed by atoms with Crippen molar-refractivity contribution in [3.63, 3.8) is 0 Å². The molecule has 1 fully saturated rings. The highest BCUT2D eigenvalue weighted by Crippen LogP contribution is 2.36. The molecule has 1 aromatic carbocycles. The lowest BCUT2D eigenvalue weighted by molar-refractivity contribution is 0.356. The summed E-state index contributed by atoms with van der Waals surface area (Å²) in [5, 5.41) is 1.17. The lowest BCUT2D eigenvalue weighted by Crippen LogP contribution is -2.19. The van der Waals surface area contributed by atoms with Crippen molar-refractivity contribution in [3.8, 4) is 11.5 Å². The number of nitrogens with one attached hydrogen (secondary N) is 1. The second-order valence-corrected chi connectivity index (χ2v) is 6.71. The molecule has 1 aliphatic heterocycles. The van der Waals surface area contributed by atoms with E-state index < -0.39 is 0 Å². The first kappa shape index (κ1) is 16.1. The zero-order valence-corrected chi connectivity index (χ0v) is 14.7. The molecule has 2 heterocycles. The predicted molar refractivity (Wildman–Crippen MR) is 96.3 cm³/mol. The Balaban J connectivity index is 1.68. The van der Waals surface area contributed by atoms with E-state index in [4.69, 9.17) is 14.5 Å². The average Bonchev–Trinajstić information content (AvgIpc) is 3.16. The van der Waals surface area contributed by atoms with Crippen LogP contribution in [-0.2, 0) is 0 Å². The highest BCUT2D eigenvalue weighted by molar-refractivity contribution is 7.99. The molecule has 3 rings (SSSR count). The fourth-order valence-corrected chi connectivity index (χ4v) is 3.74. The average molecular weight is 333 g/mol. The van der Waals surface area contributed by atoms with Gasteiger partial charge >= 0.3 is 0 Å². The number of amidine groups is 1. The van der Waals surface area contributed by atoms with Crippen molar-refractivity contribution in [1.82, 2.24) is 9.88 Å². The Morgan fingerprint density at radius 1 is 1.26 bits per heavy atom. The summed E-state index contributed by atoms with van der Waals surface area (Å²) in [6.45, 7) is 1.99. The maximum absolute atomic E-state index is 5.40. The number of H-pyrrole nitrogens is 1. The van der Waals surface area contributed by atoms with Gasteiger partial charge in [-0.05, 0) is 12.5 Å². The van der Waals surface area contributed by atoms with Crippen LogP contribution in [0.4, 0.5) is 0 Å². The molecule has 0 radical (unpaired) electrons. The van der Waals surface area contributed by atoms with Crippen molar-refractivity contribution in [1.29, 1.82) is 0 Å². The van der Waals surface area contributed by atoms with Crippen LogP contribution in [0, 0.1) is 0 Å². The number of likely N-dealkylation sites (tertiary alicyclic amines) is 1. The van der Waals surface area contributed by atoms with Gasteiger partial charge in [-0.25, -0.2) is 0 Å². The Hall–Kier alpha value is -1.82. The van der Waals surface area contributed by atoms with Gasteiger partial charge in [-0.3, -0.25) is 4.99 Å². The van der Waals surface area contributed by atoms with Crippen LogP contribution in [0.5, 0.6) is 11.5 Å². The van der Waals surface area contributed by atoms with Gasteiger partial charge in [-0.1, -0.05) is 0 Å². The number of rotatable bonds is 6. The Labute approximate surface area is 141 Å². The first-order valence-corrected chi connectivity index (χ1v) is 8.82. The highest BCUT2D eigenvalue weighted by Gasteiger charge is 2.13. The molecular weight excluding hydrogens is 310 g/mol. The third-order valence-corrected chi connectivity index (χ3v) is 5.16. The monoisotopic (exact) mass is 333 g/mol. The molecule has 1 N–H and O–H groups in total. The number of methoxy groups -OCH3 is 2. The SMILES string of the molecule is COc1cc2[nH]cc(SCC/N=C3\CCCN3C)c2cc1OC. The molecule has 0 spiro atoms. The van der Waals surface area contributed by atoms with E-state index in [9.17, 15) is 0 Å². The molecule has 1 aliphatic rings. The van der Waals surface area contributed by atoms with Crippen molar-refractivity contribution >= 4 is 28.5 Å². The van der Waals surface area contributed by atoms with Gasteiger partial charge in [-0.2, -0.15) is 0 Å². The van der Waals surface area contributed by atoms with Crippen LogP contribution < -0.4 is 9.47 Å². The summed E-state index contributed by atoms with van der Waals surface area (Å²) in [5.74, 6) is 3.72. The van der Waals surface area contributed by atoms with Crippen molar-refractivity contribution < 1.29 is 9.47 Å². The summed E-state index contributed by atoms with van der Waals surface area (Å²) in [6.07, 6.45) is 4.39. The van der Waals surface area contributed by atoms with E-state index in [2.05, 4.69) is 16.9 Å². The van der Waals surface area contributed by atoms with Crippen LogP contribution in [0.25, 0.3) is 10.9 Å². The largest absolute Gasteiger partial charge is 0.493 e. The van der Waals surface area contributed by atoms with Gasteiger partial charge in [0.1, 0.15) is 0 Å². The van der Waals surface area contributed by atoms with E-state index in [1.807, 2.05) is 30.1 Å². The molecule has 6 heteroatoms. The van der Waals surface area contributed by atoms with E-state index in [0.717, 1.165) is 42.3 Å². The number of hydrogen-bond acceptors (Lipinski definition) is 4. The minimum atomic E-state index is 0.745. The first-order valence-electron chi connectivity index (χ1n) is 7.83. The Bertz CT molecular complexity index is 711. The fourth-order valence-electron chi connectivity index (χ4n) is 2.87. The molecule has 0 amide bonds. The molecule has 0 saturated carbocycles. The maximum Gasteiger partial charge on any atom is 0.162 e. The molecule has 0 unspecified atom stereocenters. The van der Waals surface area contributed by atoms with Crippen LogP contribution in [0.2, 0.25) is 0 Å². The van der Waals surface area contributed by atoms with Crippen LogP contribution in [0.1, 0.15) is 12.8 Å². The predicted octanol–water partition coefficient (Wildman–Crippen LogP) is 3.40. The smallest absolute Gasteiger partial charge is 0.162 e. The summed E-state index contributed by atoms with van der Waals surface area (Å²) in [5.41, 5.74) is 1.06. The summed E-state index contributed by atoms with van der Waals surface area (Å²) < 4.78 is 10.7. The topological polar surface area (TPSA) is 49.8 Å². The van der Waals surface area contributed by atoms with Crippen LogP contribution in [-0.4, -0.2) is 55.8 Å². The number of nitrogens with zero attached hydrogens (tertiary/aromatic N) is 2. The second-order valence-electron chi connectivity index (χ2n) is 5.58. The van der Waals surface area contributed by atoms with Gasteiger partial charge < -0.3 is 19.4 Å². The number of thioether (sulfide) groups is 1. The number of fused-ring (bicyclic) bond motifs is 1. The fraction of sp³-hybridized carbons (Fsp3) is 0.471. The summed E-state index contributed by atoms with van der Waals surface area (Å²) in [7, 11) is 5.44. The number of ether oxygens (including phenoxy) is 2. The number of hydrogen-bond donors (Lipinski definition) is 1.